The van der Waals surface area contributed by atoms with E-state index in [-0.39, 0.29) is 5.91 Å². The van der Waals surface area contributed by atoms with Crippen LogP contribution in [0.25, 0.3) is 16.6 Å². The second kappa shape index (κ2) is 4.70. The number of fused-ring (bicyclic) bond motifs is 2. The normalized spacial score (nSPS) is 11.1. The number of imidazole rings is 1. The SMILES string of the molecule is Cc1cccc2nc(C(=O)Nc3cccc4cn[nH]c34)cn12. The lowest BCUT2D eigenvalue weighted by Crippen LogP contribution is -2.12. The molecule has 0 radical (unpaired) electrons. The van der Waals surface area contributed by atoms with Crippen molar-refractivity contribution >= 4 is 28.1 Å². The second-order valence-corrected chi connectivity index (χ2v) is 5.12. The number of aromatic nitrogens is 4. The molecule has 1 amide bonds. The summed E-state index contributed by atoms with van der Waals surface area (Å²) in [5.74, 6) is -0.245. The fraction of sp³-hybridized carbons (Fsp3) is 0.0625. The van der Waals surface area contributed by atoms with Gasteiger partial charge in [0.15, 0.2) is 0 Å². The number of amides is 1. The van der Waals surface area contributed by atoms with Crippen LogP contribution in [0.1, 0.15) is 16.2 Å². The molecule has 6 nitrogen and oxygen atoms in total. The van der Waals surface area contributed by atoms with Crippen molar-refractivity contribution in [1.82, 2.24) is 19.6 Å². The molecule has 3 heterocycles. The van der Waals surface area contributed by atoms with Crippen molar-refractivity contribution in [3.8, 4) is 0 Å². The summed E-state index contributed by atoms with van der Waals surface area (Å²) < 4.78 is 1.89. The van der Waals surface area contributed by atoms with Gasteiger partial charge in [-0.3, -0.25) is 9.89 Å². The first-order valence-corrected chi connectivity index (χ1v) is 6.90. The van der Waals surface area contributed by atoms with Gasteiger partial charge in [0.1, 0.15) is 11.3 Å². The van der Waals surface area contributed by atoms with Gasteiger partial charge in [-0.25, -0.2) is 4.98 Å². The Hall–Kier alpha value is -3.15. The van der Waals surface area contributed by atoms with Crippen LogP contribution in [0.4, 0.5) is 5.69 Å². The van der Waals surface area contributed by atoms with Crippen molar-refractivity contribution in [2.24, 2.45) is 0 Å². The number of H-pyrrole nitrogens is 1. The number of anilines is 1. The van der Waals surface area contributed by atoms with Gasteiger partial charge in [-0.1, -0.05) is 18.2 Å². The van der Waals surface area contributed by atoms with E-state index in [4.69, 9.17) is 0 Å². The van der Waals surface area contributed by atoms with E-state index in [1.807, 2.05) is 47.7 Å². The summed E-state index contributed by atoms with van der Waals surface area (Å²) in [4.78, 5) is 16.8. The van der Waals surface area contributed by atoms with Crippen molar-refractivity contribution in [2.75, 3.05) is 5.32 Å². The van der Waals surface area contributed by atoms with Crippen molar-refractivity contribution in [2.45, 2.75) is 6.92 Å². The van der Waals surface area contributed by atoms with Gasteiger partial charge in [0, 0.05) is 17.3 Å². The number of para-hydroxylation sites is 1. The van der Waals surface area contributed by atoms with Gasteiger partial charge in [-0.15, -0.1) is 0 Å². The zero-order chi connectivity index (χ0) is 15.1. The van der Waals surface area contributed by atoms with Gasteiger partial charge in [0.05, 0.1) is 17.4 Å². The number of rotatable bonds is 2. The molecule has 3 aromatic heterocycles. The molecule has 22 heavy (non-hydrogen) atoms. The molecule has 0 spiro atoms. The highest BCUT2D eigenvalue weighted by Gasteiger charge is 2.13. The van der Waals surface area contributed by atoms with Crippen molar-refractivity contribution in [3.63, 3.8) is 0 Å². The van der Waals surface area contributed by atoms with E-state index < -0.39 is 0 Å². The van der Waals surface area contributed by atoms with Crippen LogP contribution < -0.4 is 5.32 Å². The number of aryl methyl sites for hydroxylation is 1. The molecule has 2 N–H and O–H groups in total. The fourth-order valence-electron chi connectivity index (χ4n) is 2.52. The monoisotopic (exact) mass is 291 g/mol. The molecule has 0 fully saturated rings. The summed E-state index contributed by atoms with van der Waals surface area (Å²) in [5.41, 5.74) is 3.65. The molecule has 4 aromatic rings. The van der Waals surface area contributed by atoms with Crippen LogP contribution in [0.5, 0.6) is 0 Å². The summed E-state index contributed by atoms with van der Waals surface area (Å²) >= 11 is 0. The molecule has 0 aliphatic carbocycles. The number of nitrogens with zero attached hydrogens (tertiary/aromatic N) is 3. The van der Waals surface area contributed by atoms with Crippen LogP contribution in [0.15, 0.2) is 48.8 Å². The highest BCUT2D eigenvalue weighted by Crippen LogP contribution is 2.21. The maximum absolute atomic E-state index is 12.4. The highest BCUT2D eigenvalue weighted by atomic mass is 16.1. The quantitative estimate of drug-likeness (QED) is 0.596. The Balaban J connectivity index is 1.71. The highest BCUT2D eigenvalue weighted by molar-refractivity contribution is 6.07. The molecule has 0 aliphatic rings. The van der Waals surface area contributed by atoms with Gasteiger partial charge >= 0.3 is 0 Å². The van der Waals surface area contributed by atoms with Crippen LogP contribution in [-0.2, 0) is 0 Å². The number of hydrogen-bond acceptors (Lipinski definition) is 3. The molecular formula is C16H13N5O. The average molecular weight is 291 g/mol. The lowest BCUT2D eigenvalue weighted by atomic mass is 10.2. The first kappa shape index (κ1) is 12.6. The summed E-state index contributed by atoms with van der Waals surface area (Å²) in [6.07, 6.45) is 3.46. The van der Waals surface area contributed by atoms with Crippen LogP contribution in [-0.4, -0.2) is 25.5 Å². The van der Waals surface area contributed by atoms with Gasteiger partial charge < -0.3 is 9.72 Å². The van der Waals surface area contributed by atoms with Crippen LogP contribution in [0.3, 0.4) is 0 Å². The Labute approximate surface area is 125 Å². The lowest BCUT2D eigenvalue weighted by molar-refractivity contribution is 0.102. The van der Waals surface area contributed by atoms with Crippen molar-refractivity contribution in [1.29, 1.82) is 0 Å². The Kier molecular flexibility index (Phi) is 2.69. The number of pyridine rings is 1. The van der Waals surface area contributed by atoms with Gasteiger partial charge in [-0.05, 0) is 25.1 Å². The first-order chi connectivity index (χ1) is 10.7. The number of benzene rings is 1. The second-order valence-electron chi connectivity index (χ2n) is 5.12. The molecule has 1 aromatic carbocycles. The standard InChI is InChI=1S/C16H13N5O/c1-10-4-2-7-14-18-13(9-21(10)14)16(22)19-12-6-3-5-11-8-17-20-15(11)12/h2-9H,1H3,(H,17,20)(H,19,22). The van der Waals surface area contributed by atoms with Crippen LogP contribution in [0, 0.1) is 6.92 Å². The third-order valence-corrected chi connectivity index (χ3v) is 3.65. The number of nitrogens with one attached hydrogen (secondary N) is 2. The summed E-state index contributed by atoms with van der Waals surface area (Å²) in [6, 6.07) is 11.4. The smallest absolute Gasteiger partial charge is 0.275 e. The van der Waals surface area contributed by atoms with E-state index in [2.05, 4.69) is 20.5 Å². The molecule has 0 saturated carbocycles. The number of aromatic amines is 1. The van der Waals surface area contributed by atoms with Crippen LogP contribution >= 0.6 is 0 Å². The minimum absolute atomic E-state index is 0.245. The van der Waals surface area contributed by atoms with Crippen molar-refractivity contribution in [3.05, 3.63) is 60.2 Å². The predicted molar refractivity (Wildman–Crippen MR) is 84.0 cm³/mol. The Morgan fingerprint density at radius 2 is 2.09 bits per heavy atom. The predicted octanol–water partition coefficient (Wildman–Crippen LogP) is 2.77. The number of carbonyl (C=O) groups is 1. The summed E-state index contributed by atoms with van der Waals surface area (Å²) in [5, 5.41) is 10.7. The average Bonchev–Trinajstić information content (AvgIpc) is 3.14. The van der Waals surface area contributed by atoms with Gasteiger partial charge in [0.2, 0.25) is 0 Å². The zero-order valence-corrected chi connectivity index (χ0v) is 11.9. The van der Waals surface area contributed by atoms with Crippen LogP contribution in [0.2, 0.25) is 0 Å². The molecule has 108 valence electrons. The minimum Gasteiger partial charge on any atom is -0.319 e. The Morgan fingerprint density at radius 1 is 1.23 bits per heavy atom. The molecule has 6 heteroatoms. The van der Waals surface area contributed by atoms with Gasteiger partial charge in [0.25, 0.3) is 5.91 Å². The molecule has 0 atom stereocenters. The largest absolute Gasteiger partial charge is 0.319 e. The van der Waals surface area contributed by atoms with E-state index in [1.165, 1.54) is 0 Å². The number of carbonyl (C=O) groups excluding carboxylic acids is 1. The topological polar surface area (TPSA) is 75.1 Å². The molecule has 0 saturated heterocycles. The van der Waals surface area contributed by atoms with E-state index in [1.54, 1.807) is 12.4 Å². The third-order valence-electron chi connectivity index (χ3n) is 3.65. The Morgan fingerprint density at radius 3 is 2.95 bits per heavy atom. The zero-order valence-electron chi connectivity index (χ0n) is 11.9. The molecular weight excluding hydrogens is 278 g/mol. The molecule has 0 bridgehead atoms. The van der Waals surface area contributed by atoms with E-state index in [0.29, 0.717) is 11.4 Å². The Bertz CT molecular complexity index is 998. The van der Waals surface area contributed by atoms with E-state index in [0.717, 1.165) is 22.2 Å². The lowest BCUT2D eigenvalue weighted by Gasteiger charge is -2.03. The summed E-state index contributed by atoms with van der Waals surface area (Å²) in [7, 11) is 0. The fourth-order valence-corrected chi connectivity index (χ4v) is 2.52. The summed E-state index contributed by atoms with van der Waals surface area (Å²) in [6.45, 7) is 1.97. The number of hydrogen-bond donors (Lipinski definition) is 2. The molecule has 0 unspecified atom stereocenters. The van der Waals surface area contributed by atoms with Crippen molar-refractivity contribution < 1.29 is 4.79 Å². The van der Waals surface area contributed by atoms with E-state index >= 15 is 0 Å². The first-order valence-electron chi connectivity index (χ1n) is 6.90. The maximum Gasteiger partial charge on any atom is 0.275 e. The van der Waals surface area contributed by atoms with Gasteiger partial charge in [-0.2, -0.15) is 5.10 Å². The molecule has 4 rings (SSSR count). The molecule has 0 aliphatic heterocycles. The third kappa shape index (κ3) is 1.93. The minimum atomic E-state index is -0.245. The van der Waals surface area contributed by atoms with E-state index in [9.17, 15) is 4.79 Å². The maximum atomic E-state index is 12.4.